The first-order chi connectivity index (χ1) is 8.39. The summed E-state index contributed by atoms with van der Waals surface area (Å²) in [4.78, 5) is 0.365. The first kappa shape index (κ1) is 13.5. The van der Waals surface area contributed by atoms with E-state index in [1.54, 1.807) is 18.2 Å². The van der Waals surface area contributed by atoms with Crippen molar-refractivity contribution >= 4 is 10.0 Å². The summed E-state index contributed by atoms with van der Waals surface area (Å²) >= 11 is 0. The maximum Gasteiger partial charge on any atom is 0.243 e. The van der Waals surface area contributed by atoms with Gasteiger partial charge >= 0.3 is 0 Å². The van der Waals surface area contributed by atoms with E-state index in [4.69, 9.17) is 5.73 Å². The summed E-state index contributed by atoms with van der Waals surface area (Å²) in [5.41, 5.74) is 6.86. The molecule has 1 aromatic carbocycles. The average Bonchev–Trinajstić information content (AvgIpc) is 2.27. The molecule has 2 rings (SSSR count). The number of nitrogens with zero attached hydrogens (tertiary/aromatic N) is 1. The van der Waals surface area contributed by atoms with E-state index in [1.807, 2.05) is 19.9 Å². The van der Waals surface area contributed by atoms with E-state index in [-0.39, 0.29) is 6.04 Å². The van der Waals surface area contributed by atoms with Crippen LogP contribution in [0.1, 0.15) is 18.9 Å². The summed E-state index contributed by atoms with van der Waals surface area (Å²) in [5, 5.41) is 0. The lowest BCUT2D eigenvalue weighted by Gasteiger charge is -2.33. The minimum absolute atomic E-state index is 0.0617. The zero-order chi connectivity index (χ0) is 13.3. The minimum Gasteiger partial charge on any atom is -0.326 e. The Kier molecular flexibility index (Phi) is 3.75. The molecule has 1 saturated heterocycles. The molecule has 1 heterocycles. The van der Waals surface area contributed by atoms with E-state index in [2.05, 4.69) is 0 Å². The molecular weight excluding hydrogens is 248 g/mol. The second-order valence-corrected chi connectivity index (χ2v) is 7.18. The fourth-order valence-electron chi connectivity index (χ4n) is 2.47. The van der Waals surface area contributed by atoms with Crippen LogP contribution < -0.4 is 5.73 Å². The number of aryl methyl sites for hydroxylation is 1. The molecule has 0 amide bonds. The Bertz CT molecular complexity index is 518. The van der Waals surface area contributed by atoms with E-state index in [9.17, 15) is 8.42 Å². The molecule has 0 spiro atoms. The van der Waals surface area contributed by atoms with Crippen LogP contribution in [0.2, 0.25) is 0 Å². The smallest absolute Gasteiger partial charge is 0.243 e. The van der Waals surface area contributed by atoms with Crippen molar-refractivity contribution < 1.29 is 8.42 Å². The van der Waals surface area contributed by atoms with Gasteiger partial charge in [-0.05, 0) is 37.0 Å². The third kappa shape index (κ3) is 2.74. The Morgan fingerprint density at radius 3 is 2.67 bits per heavy atom. The summed E-state index contributed by atoms with van der Waals surface area (Å²) in [6.45, 7) is 4.91. The summed E-state index contributed by atoms with van der Waals surface area (Å²) < 4.78 is 26.5. The van der Waals surface area contributed by atoms with Crippen molar-refractivity contribution in [1.29, 1.82) is 0 Å². The molecule has 4 nitrogen and oxygen atoms in total. The molecule has 1 fully saturated rings. The number of piperidine rings is 1. The number of nitrogens with two attached hydrogens (primary N) is 1. The third-order valence-corrected chi connectivity index (χ3v) is 5.11. The van der Waals surface area contributed by atoms with Gasteiger partial charge in [0.25, 0.3) is 0 Å². The van der Waals surface area contributed by atoms with E-state index < -0.39 is 10.0 Å². The van der Waals surface area contributed by atoms with Crippen molar-refractivity contribution in [2.75, 3.05) is 13.1 Å². The summed E-state index contributed by atoms with van der Waals surface area (Å²) in [6.07, 6.45) is 0.889. The van der Waals surface area contributed by atoms with Crippen molar-refractivity contribution in [3.8, 4) is 0 Å². The highest BCUT2D eigenvalue weighted by Crippen LogP contribution is 2.23. The van der Waals surface area contributed by atoms with Crippen LogP contribution in [0.5, 0.6) is 0 Å². The van der Waals surface area contributed by atoms with Gasteiger partial charge in [0.2, 0.25) is 10.0 Å². The molecule has 0 aliphatic carbocycles. The lowest BCUT2D eigenvalue weighted by molar-refractivity contribution is 0.254. The molecule has 100 valence electrons. The van der Waals surface area contributed by atoms with Crippen molar-refractivity contribution in [3.05, 3.63) is 29.8 Å². The molecule has 18 heavy (non-hydrogen) atoms. The summed E-state index contributed by atoms with van der Waals surface area (Å²) in [6, 6.07) is 6.96. The number of benzene rings is 1. The van der Waals surface area contributed by atoms with Gasteiger partial charge in [-0.1, -0.05) is 19.1 Å². The third-order valence-electron chi connectivity index (χ3n) is 3.29. The van der Waals surface area contributed by atoms with Gasteiger partial charge < -0.3 is 5.73 Å². The first-order valence-corrected chi connectivity index (χ1v) is 7.66. The Balaban J connectivity index is 2.31. The predicted octanol–water partition coefficient (Wildman–Crippen LogP) is 1.35. The molecule has 2 atom stereocenters. The summed E-state index contributed by atoms with van der Waals surface area (Å²) in [5.74, 6) is 0.313. The van der Waals surface area contributed by atoms with Gasteiger partial charge in [-0.25, -0.2) is 8.42 Å². The van der Waals surface area contributed by atoms with Crippen LogP contribution in [-0.2, 0) is 10.0 Å². The molecule has 1 aliphatic heterocycles. The van der Waals surface area contributed by atoms with E-state index in [0.717, 1.165) is 12.0 Å². The lowest BCUT2D eigenvalue weighted by Crippen LogP contribution is -2.48. The largest absolute Gasteiger partial charge is 0.326 e. The van der Waals surface area contributed by atoms with E-state index in [1.165, 1.54) is 4.31 Å². The molecule has 1 aliphatic rings. The second kappa shape index (κ2) is 4.99. The standard InChI is InChI=1S/C13H20N2O2S/c1-10-4-3-5-13(7-10)18(16,17)15-8-11(2)6-12(14)9-15/h3-5,7,11-12H,6,8-9,14H2,1-2H3. The maximum atomic E-state index is 12.5. The first-order valence-electron chi connectivity index (χ1n) is 6.22. The number of sulfonamides is 1. The number of hydrogen-bond donors (Lipinski definition) is 1. The van der Waals surface area contributed by atoms with E-state index in [0.29, 0.717) is 23.9 Å². The molecule has 0 radical (unpaired) electrons. The predicted molar refractivity (Wildman–Crippen MR) is 71.7 cm³/mol. The van der Waals surface area contributed by atoms with Gasteiger partial charge in [0.15, 0.2) is 0 Å². The molecule has 0 saturated carbocycles. The van der Waals surface area contributed by atoms with Crippen LogP contribution >= 0.6 is 0 Å². The highest BCUT2D eigenvalue weighted by molar-refractivity contribution is 7.89. The maximum absolute atomic E-state index is 12.5. The normalized spacial score (nSPS) is 26.2. The average molecular weight is 268 g/mol. The highest BCUT2D eigenvalue weighted by atomic mass is 32.2. The fraction of sp³-hybridized carbons (Fsp3) is 0.538. The van der Waals surface area contributed by atoms with E-state index >= 15 is 0 Å². The van der Waals surface area contributed by atoms with Crippen LogP contribution in [0.3, 0.4) is 0 Å². The SMILES string of the molecule is Cc1cccc(S(=O)(=O)N2CC(C)CC(N)C2)c1. The van der Waals surface area contributed by atoms with Crippen LogP contribution in [0.15, 0.2) is 29.2 Å². The Morgan fingerprint density at radius 1 is 1.33 bits per heavy atom. The monoisotopic (exact) mass is 268 g/mol. The zero-order valence-electron chi connectivity index (χ0n) is 10.8. The Morgan fingerprint density at radius 2 is 2.06 bits per heavy atom. The van der Waals surface area contributed by atoms with Crippen LogP contribution in [0.4, 0.5) is 0 Å². The van der Waals surface area contributed by atoms with Gasteiger partial charge in [-0.15, -0.1) is 0 Å². The zero-order valence-corrected chi connectivity index (χ0v) is 11.7. The van der Waals surface area contributed by atoms with Crippen LogP contribution in [0.25, 0.3) is 0 Å². The number of rotatable bonds is 2. The molecule has 5 heteroatoms. The van der Waals surface area contributed by atoms with Gasteiger partial charge in [-0.3, -0.25) is 0 Å². The molecule has 0 aromatic heterocycles. The molecule has 1 aromatic rings. The van der Waals surface area contributed by atoms with Gasteiger partial charge in [0, 0.05) is 19.1 Å². The topological polar surface area (TPSA) is 63.4 Å². The van der Waals surface area contributed by atoms with Gasteiger partial charge in [0.05, 0.1) is 4.90 Å². The molecular formula is C13H20N2O2S. The number of hydrogen-bond acceptors (Lipinski definition) is 3. The van der Waals surface area contributed by atoms with Crippen LogP contribution in [0, 0.1) is 12.8 Å². The second-order valence-electron chi connectivity index (χ2n) is 5.24. The molecule has 2 N–H and O–H groups in total. The fourth-order valence-corrected chi connectivity index (χ4v) is 4.19. The van der Waals surface area contributed by atoms with Crippen LogP contribution in [-0.4, -0.2) is 31.9 Å². The van der Waals surface area contributed by atoms with Gasteiger partial charge in [-0.2, -0.15) is 4.31 Å². The lowest BCUT2D eigenvalue weighted by atomic mass is 9.99. The highest BCUT2D eigenvalue weighted by Gasteiger charge is 2.31. The van der Waals surface area contributed by atoms with Crippen molar-refractivity contribution in [3.63, 3.8) is 0 Å². The minimum atomic E-state index is -3.40. The van der Waals surface area contributed by atoms with Crippen molar-refractivity contribution in [1.82, 2.24) is 4.31 Å². The summed E-state index contributed by atoms with van der Waals surface area (Å²) in [7, 11) is -3.40. The Labute approximate surface area is 109 Å². The van der Waals surface area contributed by atoms with Crippen molar-refractivity contribution in [2.24, 2.45) is 11.7 Å². The molecule has 2 unspecified atom stereocenters. The molecule has 0 bridgehead atoms. The van der Waals surface area contributed by atoms with Crippen molar-refractivity contribution in [2.45, 2.75) is 31.2 Å². The van der Waals surface area contributed by atoms with Gasteiger partial charge in [0.1, 0.15) is 0 Å². The quantitative estimate of drug-likeness (QED) is 0.880. The Hall–Kier alpha value is -0.910.